The van der Waals surface area contributed by atoms with Gasteiger partial charge in [-0.1, -0.05) is 36.4 Å². The molecule has 0 aliphatic carbocycles. The van der Waals surface area contributed by atoms with Crippen LogP contribution in [-0.4, -0.2) is 26.4 Å². The number of phenols is 1. The van der Waals surface area contributed by atoms with Crippen molar-refractivity contribution in [3.05, 3.63) is 95.3 Å². The minimum absolute atomic E-state index is 0.00211. The van der Waals surface area contributed by atoms with E-state index in [-0.39, 0.29) is 22.8 Å². The van der Waals surface area contributed by atoms with Crippen molar-refractivity contribution in [2.45, 2.75) is 11.3 Å². The van der Waals surface area contributed by atoms with Crippen molar-refractivity contribution in [1.29, 1.82) is 0 Å². The van der Waals surface area contributed by atoms with Crippen molar-refractivity contribution in [3.63, 3.8) is 0 Å². The topological polar surface area (TPSA) is 79.0 Å². The Morgan fingerprint density at radius 1 is 1.03 bits per heavy atom. The third-order valence-corrected chi connectivity index (χ3v) is 6.24. The molecule has 0 amide bonds. The molecule has 3 aromatic rings. The number of anilines is 1. The van der Waals surface area contributed by atoms with Crippen LogP contribution in [0.25, 0.3) is 4.85 Å². The molecule has 0 saturated heterocycles. The van der Waals surface area contributed by atoms with Gasteiger partial charge in [0.1, 0.15) is 5.75 Å². The van der Waals surface area contributed by atoms with Crippen LogP contribution in [0.5, 0.6) is 5.75 Å². The fourth-order valence-electron chi connectivity index (χ4n) is 2.77. The van der Waals surface area contributed by atoms with Crippen LogP contribution < -0.4 is 4.31 Å². The van der Waals surface area contributed by atoms with E-state index >= 15 is 0 Å². The molecular weight excluding hydrogens is 388 g/mol. The lowest BCUT2D eigenvalue weighted by Crippen LogP contribution is -2.26. The van der Waals surface area contributed by atoms with Crippen LogP contribution in [-0.2, 0) is 16.4 Å². The Morgan fingerprint density at radius 3 is 2.31 bits per heavy atom. The Morgan fingerprint density at radius 2 is 1.69 bits per heavy atom. The quantitative estimate of drug-likeness (QED) is 0.492. The number of hydrogen-bond acceptors (Lipinski definition) is 4. The largest absolute Gasteiger partial charge is 0.508 e. The van der Waals surface area contributed by atoms with E-state index in [0.717, 1.165) is 9.87 Å². The first-order valence-electron chi connectivity index (χ1n) is 8.69. The number of aromatic hydroxyl groups is 1. The summed E-state index contributed by atoms with van der Waals surface area (Å²) in [5.41, 5.74) is 1.92. The fourth-order valence-corrected chi connectivity index (χ4v) is 4.01. The lowest BCUT2D eigenvalue weighted by Gasteiger charge is -2.20. The molecule has 0 fully saturated rings. The first-order valence-corrected chi connectivity index (χ1v) is 10.1. The molecule has 0 aliphatic rings. The first kappa shape index (κ1) is 20.1. The molecule has 1 N–H and O–H groups in total. The van der Waals surface area contributed by atoms with E-state index in [9.17, 15) is 18.3 Å². The van der Waals surface area contributed by atoms with Crippen molar-refractivity contribution in [2.75, 3.05) is 11.4 Å². The molecule has 6 nitrogen and oxygen atoms in total. The van der Waals surface area contributed by atoms with Gasteiger partial charge in [0.05, 0.1) is 17.2 Å². The summed E-state index contributed by atoms with van der Waals surface area (Å²) in [6.07, 6.45) is 0.107. The van der Waals surface area contributed by atoms with Crippen LogP contribution in [0.2, 0.25) is 0 Å². The van der Waals surface area contributed by atoms with Crippen molar-refractivity contribution in [1.82, 2.24) is 0 Å². The van der Waals surface area contributed by atoms with E-state index in [2.05, 4.69) is 4.85 Å². The second-order valence-electron chi connectivity index (χ2n) is 6.39. The van der Waals surface area contributed by atoms with Gasteiger partial charge in [0, 0.05) is 19.0 Å². The van der Waals surface area contributed by atoms with Crippen molar-refractivity contribution >= 4 is 27.2 Å². The van der Waals surface area contributed by atoms with Crippen molar-refractivity contribution in [2.24, 2.45) is 0 Å². The van der Waals surface area contributed by atoms with Gasteiger partial charge in [0.2, 0.25) is 0 Å². The maximum absolute atomic E-state index is 12.9. The van der Waals surface area contributed by atoms with Crippen LogP contribution >= 0.6 is 0 Å². The van der Waals surface area contributed by atoms with Crippen LogP contribution in [0.1, 0.15) is 15.9 Å². The number of Topliss-reactive ketones (excluding diaryl/α,β-unsaturated/α-hetero) is 1. The van der Waals surface area contributed by atoms with Gasteiger partial charge in [-0.15, -0.1) is 0 Å². The minimum atomic E-state index is -3.88. The summed E-state index contributed by atoms with van der Waals surface area (Å²) in [6.45, 7) is 6.96. The summed E-state index contributed by atoms with van der Waals surface area (Å²) in [5.74, 6) is -0.179. The standard InChI is InChI=1S/C22H18N2O4S/c1-23-18-8-6-16(7-9-18)14-22(26)17-4-3-5-21(15-17)29(27,28)24(2)19-10-12-20(25)13-11-19/h3-13,15,25H,14H2,2H3. The van der Waals surface area contributed by atoms with Crippen LogP contribution in [0.4, 0.5) is 11.4 Å². The molecule has 0 heterocycles. The Hall–Kier alpha value is -3.63. The van der Waals surface area contributed by atoms with Crippen LogP contribution in [0.15, 0.2) is 77.7 Å². The number of benzene rings is 3. The van der Waals surface area contributed by atoms with Gasteiger partial charge in [0.15, 0.2) is 11.5 Å². The monoisotopic (exact) mass is 406 g/mol. The van der Waals surface area contributed by atoms with Gasteiger partial charge < -0.3 is 5.11 Å². The zero-order chi connectivity index (χ0) is 21.0. The second-order valence-corrected chi connectivity index (χ2v) is 8.36. The van der Waals surface area contributed by atoms with Crippen molar-refractivity contribution < 1.29 is 18.3 Å². The average molecular weight is 406 g/mol. The summed E-state index contributed by atoms with van der Waals surface area (Å²) in [7, 11) is -2.46. The molecule has 0 saturated carbocycles. The molecule has 0 bridgehead atoms. The Labute approximate surface area is 169 Å². The zero-order valence-corrected chi connectivity index (χ0v) is 16.4. The van der Waals surface area contributed by atoms with E-state index in [1.807, 2.05) is 0 Å². The van der Waals surface area contributed by atoms with E-state index in [0.29, 0.717) is 16.9 Å². The maximum atomic E-state index is 12.9. The lowest BCUT2D eigenvalue weighted by atomic mass is 10.0. The number of phenolic OH excluding ortho intramolecular Hbond substituents is 1. The molecule has 29 heavy (non-hydrogen) atoms. The first-order chi connectivity index (χ1) is 13.8. The van der Waals surface area contributed by atoms with Gasteiger partial charge in [0.25, 0.3) is 10.0 Å². The number of rotatable bonds is 6. The summed E-state index contributed by atoms with van der Waals surface area (Å²) < 4.78 is 27.0. The molecule has 0 aromatic heterocycles. The molecule has 3 rings (SSSR count). The number of carbonyl (C=O) groups excluding carboxylic acids is 1. The fraction of sp³-hybridized carbons (Fsp3) is 0.0909. The smallest absolute Gasteiger partial charge is 0.264 e. The number of carbonyl (C=O) groups is 1. The number of hydrogen-bond donors (Lipinski definition) is 1. The molecule has 0 spiro atoms. The molecule has 0 atom stereocenters. The summed E-state index contributed by atoms with van der Waals surface area (Å²) in [5, 5.41) is 9.39. The normalized spacial score (nSPS) is 10.9. The highest BCUT2D eigenvalue weighted by Crippen LogP contribution is 2.25. The number of sulfonamides is 1. The highest BCUT2D eigenvalue weighted by Gasteiger charge is 2.22. The van der Waals surface area contributed by atoms with E-state index in [4.69, 9.17) is 6.57 Å². The number of nitrogens with zero attached hydrogens (tertiary/aromatic N) is 2. The molecule has 146 valence electrons. The summed E-state index contributed by atoms with van der Waals surface area (Å²) in [6, 6.07) is 18.4. The van der Waals surface area contributed by atoms with Gasteiger partial charge in [-0.3, -0.25) is 9.10 Å². The van der Waals surface area contributed by atoms with Gasteiger partial charge in [-0.25, -0.2) is 13.3 Å². The van der Waals surface area contributed by atoms with E-state index in [1.54, 1.807) is 30.3 Å². The zero-order valence-electron chi connectivity index (χ0n) is 15.6. The third-order valence-electron chi connectivity index (χ3n) is 4.46. The molecule has 3 aromatic carbocycles. The Kier molecular flexibility index (Phi) is 5.66. The Bertz CT molecular complexity index is 1180. The average Bonchev–Trinajstić information content (AvgIpc) is 2.74. The molecule has 0 radical (unpaired) electrons. The predicted octanol–water partition coefficient (Wildman–Crippen LogP) is 4.19. The highest BCUT2D eigenvalue weighted by molar-refractivity contribution is 7.92. The van der Waals surface area contributed by atoms with Crippen LogP contribution in [0.3, 0.4) is 0 Å². The molecular formula is C22H18N2O4S. The molecule has 0 aliphatic heterocycles. The predicted molar refractivity (Wildman–Crippen MR) is 111 cm³/mol. The van der Waals surface area contributed by atoms with E-state index in [1.165, 1.54) is 49.5 Å². The van der Waals surface area contributed by atoms with Gasteiger partial charge >= 0.3 is 0 Å². The van der Waals surface area contributed by atoms with E-state index < -0.39 is 10.0 Å². The van der Waals surface area contributed by atoms with Crippen LogP contribution in [0, 0.1) is 6.57 Å². The summed E-state index contributed by atoms with van der Waals surface area (Å²) in [4.78, 5) is 15.9. The molecule has 0 unspecified atom stereocenters. The third kappa shape index (κ3) is 4.45. The second kappa shape index (κ2) is 8.17. The van der Waals surface area contributed by atoms with Gasteiger partial charge in [-0.2, -0.15) is 0 Å². The SMILES string of the molecule is [C-]#[N+]c1ccc(CC(=O)c2cccc(S(=O)(=O)N(C)c3ccc(O)cc3)c2)cc1. The van der Waals surface area contributed by atoms with Crippen molar-refractivity contribution in [3.8, 4) is 5.75 Å². The number of ketones is 1. The lowest BCUT2D eigenvalue weighted by molar-refractivity contribution is 0.0992. The Balaban J connectivity index is 1.84. The summed E-state index contributed by atoms with van der Waals surface area (Å²) >= 11 is 0. The molecule has 7 heteroatoms. The minimum Gasteiger partial charge on any atom is -0.508 e. The van der Waals surface area contributed by atoms with Gasteiger partial charge in [-0.05, 0) is 42.0 Å². The maximum Gasteiger partial charge on any atom is 0.264 e. The highest BCUT2D eigenvalue weighted by atomic mass is 32.2.